The van der Waals surface area contributed by atoms with Crippen LogP contribution in [0.25, 0.3) is 43.1 Å². The first kappa shape index (κ1) is 26.0. The predicted octanol–water partition coefficient (Wildman–Crippen LogP) is 5.23. The molecule has 0 fully saturated rings. The topological polar surface area (TPSA) is 115 Å². The van der Waals surface area contributed by atoms with Crippen LogP contribution in [0, 0.1) is 0 Å². The first-order chi connectivity index (χ1) is 19.8. The van der Waals surface area contributed by atoms with Crippen LogP contribution >= 0.6 is 15.9 Å². The number of benzene rings is 5. The van der Waals surface area contributed by atoms with E-state index < -0.39 is 35.7 Å². The molecule has 7 rings (SSSR count). The van der Waals surface area contributed by atoms with Crippen LogP contribution in [0.1, 0.15) is 68.1 Å². The van der Waals surface area contributed by atoms with Gasteiger partial charge in [0.1, 0.15) is 0 Å². The van der Waals surface area contributed by atoms with Gasteiger partial charge in [-0.3, -0.25) is 29.0 Å². The summed E-state index contributed by atoms with van der Waals surface area (Å²) in [5.74, 6) is -1.76. The molecule has 2 aliphatic heterocycles. The highest BCUT2D eigenvalue weighted by Crippen LogP contribution is 2.48. The number of nitrogens with zero attached hydrogens (tertiary/aromatic N) is 2. The Balaban J connectivity index is 1.59. The lowest BCUT2D eigenvalue weighted by molar-refractivity contribution is 0.0453. The molecule has 5 aromatic rings. The Kier molecular flexibility index (Phi) is 5.74. The Morgan fingerprint density at radius 3 is 1.46 bits per heavy atom. The number of aliphatic hydroxyl groups excluding tert-OH is 2. The second kappa shape index (κ2) is 9.04. The van der Waals surface area contributed by atoms with Gasteiger partial charge in [-0.1, -0.05) is 48.0 Å². The highest BCUT2D eigenvalue weighted by Gasteiger charge is 2.40. The number of amides is 4. The largest absolute Gasteiger partial charge is 0.394 e. The summed E-state index contributed by atoms with van der Waals surface area (Å²) >= 11 is 3.70. The zero-order chi connectivity index (χ0) is 28.9. The van der Waals surface area contributed by atoms with E-state index in [4.69, 9.17) is 0 Å². The predicted molar refractivity (Wildman–Crippen MR) is 159 cm³/mol. The fourth-order valence-electron chi connectivity index (χ4n) is 6.81. The lowest BCUT2D eigenvalue weighted by Crippen LogP contribution is -2.48. The van der Waals surface area contributed by atoms with E-state index in [2.05, 4.69) is 15.9 Å². The number of hydrogen-bond acceptors (Lipinski definition) is 6. The molecule has 4 amide bonds. The van der Waals surface area contributed by atoms with Gasteiger partial charge in [0.25, 0.3) is 23.6 Å². The normalized spacial score (nSPS) is 16.7. The Labute approximate surface area is 242 Å². The molecule has 9 heteroatoms. The number of fused-ring (bicyclic) bond motifs is 2. The smallest absolute Gasteiger partial charge is 0.261 e. The van der Waals surface area contributed by atoms with Crippen LogP contribution < -0.4 is 0 Å². The summed E-state index contributed by atoms with van der Waals surface area (Å²) in [4.78, 5) is 57.0. The number of carbonyl (C=O) groups is 4. The molecule has 0 saturated carbocycles. The number of hydrogen-bond donors (Lipinski definition) is 2. The minimum absolute atomic E-state index is 0.318. The summed E-state index contributed by atoms with van der Waals surface area (Å²) in [6.07, 6.45) is 0.859. The van der Waals surface area contributed by atoms with Gasteiger partial charge >= 0.3 is 0 Å². The molecular weight excluding hydrogens is 588 g/mol. The van der Waals surface area contributed by atoms with Crippen molar-refractivity contribution in [1.29, 1.82) is 0 Å². The van der Waals surface area contributed by atoms with Crippen LogP contribution in [0.15, 0.2) is 46.9 Å². The van der Waals surface area contributed by atoms with Crippen molar-refractivity contribution in [2.75, 3.05) is 13.2 Å². The molecule has 41 heavy (non-hydrogen) atoms. The molecule has 0 aromatic heterocycles. The van der Waals surface area contributed by atoms with E-state index >= 15 is 0 Å². The van der Waals surface area contributed by atoms with E-state index in [0.717, 1.165) is 42.1 Å². The third kappa shape index (κ3) is 3.16. The molecule has 5 aromatic carbocycles. The van der Waals surface area contributed by atoms with E-state index in [1.807, 2.05) is 32.0 Å². The van der Waals surface area contributed by atoms with Gasteiger partial charge in [0, 0.05) is 48.3 Å². The fourth-order valence-corrected chi connectivity index (χ4v) is 7.45. The van der Waals surface area contributed by atoms with E-state index in [1.54, 1.807) is 24.3 Å². The minimum atomic E-state index is -0.631. The van der Waals surface area contributed by atoms with Gasteiger partial charge in [0.2, 0.25) is 0 Å². The lowest BCUT2D eigenvalue weighted by Gasteiger charge is -2.34. The van der Waals surface area contributed by atoms with E-state index in [1.165, 1.54) is 0 Å². The van der Waals surface area contributed by atoms with Crippen molar-refractivity contribution in [3.05, 3.63) is 69.2 Å². The van der Waals surface area contributed by atoms with Crippen molar-refractivity contribution in [3.63, 3.8) is 0 Å². The molecular formula is C32H25BrN2O6. The average molecular weight is 613 g/mol. The number of imide groups is 2. The standard InChI is InChI=1S/C32H25BrN2O6/c1-3-14(12-36)34-29(38)19-8-5-16-17-6-9-21-26-22(32(41)35(31(21)40)15(4-2)13-37)11-23(33)27(28(17)26)18-7-10-20(30(34)39)25(19)24(16)18/h5-11,14-15,36-37H,3-4,12-13H2,1-2H3. The second-order valence-electron chi connectivity index (χ2n) is 10.7. The molecule has 0 bridgehead atoms. The molecule has 8 nitrogen and oxygen atoms in total. The van der Waals surface area contributed by atoms with Crippen molar-refractivity contribution in [2.24, 2.45) is 0 Å². The van der Waals surface area contributed by atoms with Crippen molar-refractivity contribution >= 4 is 82.6 Å². The van der Waals surface area contributed by atoms with Gasteiger partial charge in [0.15, 0.2) is 0 Å². The van der Waals surface area contributed by atoms with Crippen molar-refractivity contribution in [1.82, 2.24) is 9.80 Å². The van der Waals surface area contributed by atoms with Crippen LogP contribution in [0.2, 0.25) is 0 Å². The van der Waals surface area contributed by atoms with E-state index in [0.29, 0.717) is 50.3 Å². The maximum Gasteiger partial charge on any atom is 0.261 e. The zero-order valence-electron chi connectivity index (χ0n) is 22.3. The average Bonchev–Trinajstić information content (AvgIpc) is 2.98. The third-order valence-corrected chi connectivity index (χ3v) is 9.47. The molecule has 2 unspecified atom stereocenters. The minimum Gasteiger partial charge on any atom is -0.394 e. The molecule has 206 valence electrons. The Morgan fingerprint density at radius 2 is 1.00 bits per heavy atom. The molecule has 2 heterocycles. The van der Waals surface area contributed by atoms with Crippen molar-refractivity contribution < 1.29 is 29.4 Å². The highest BCUT2D eigenvalue weighted by molar-refractivity contribution is 9.10. The lowest BCUT2D eigenvalue weighted by atomic mass is 9.82. The number of rotatable bonds is 6. The highest BCUT2D eigenvalue weighted by atomic mass is 79.9. The SMILES string of the molecule is CCC(CO)N1C(=O)c2ccc3c4ccc5c6c(cc(Br)c(c7ccc(c2c37)C1=O)c64)C(=O)N(C(CC)CO)C5=O. The quantitative estimate of drug-likeness (QED) is 0.154. The van der Waals surface area contributed by atoms with Gasteiger partial charge in [-0.15, -0.1) is 0 Å². The number of aliphatic hydroxyl groups is 2. The van der Waals surface area contributed by atoms with Gasteiger partial charge in [0.05, 0.1) is 25.3 Å². The number of halogens is 1. The summed E-state index contributed by atoms with van der Waals surface area (Å²) in [6.45, 7) is 3.01. The van der Waals surface area contributed by atoms with Crippen LogP contribution in [0.5, 0.6) is 0 Å². The van der Waals surface area contributed by atoms with Gasteiger partial charge in [-0.25, -0.2) is 0 Å². The summed E-state index contributed by atoms with van der Waals surface area (Å²) in [6, 6.07) is 11.2. The summed E-state index contributed by atoms with van der Waals surface area (Å²) in [5, 5.41) is 25.6. The van der Waals surface area contributed by atoms with Crippen LogP contribution in [-0.2, 0) is 0 Å². The molecule has 0 saturated heterocycles. The van der Waals surface area contributed by atoms with Crippen LogP contribution in [0.3, 0.4) is 0 Å². The van der Waals surface area contributed by atoms with Crippen molar-refractivity contribution in [2.45, 2.75) is 38.8 Å². The van der Waals surface area contributed by atoms with E-state index in [9.17, 15) is 29.4 Å². The summed E-state index contributed by atoms with van der Waals surface area (Å²) in [5.41, 5.74) is 1.56. The molecule has 0 radical (unpaired) electrons. The maximum absolute atomic E-state index is 13.7. The molecule has 0 aliphatic carbocycles. The Bertz CT molecular complexity index is 1990. The third-order valence-electron chi connectivity index (χ3n) is 8.85. The van der Waals surface area contributed by atoms with E-state index in [-0.39, 0.29) is 13.2 Å². The first-order valence-electron chi connectivity index (χ1n) is 13.7. The monoisotopic (exact) mass is 612 g/mol. The Hall–Kier alpha value is -3.92. The fraction of sp³-hybridized carbons (Fsp3) is 0.250. The van der Waals surface area contributed by atoms with Crippen LogP contribution in [-0.4, -0.2) is 68.9 Å². The van der Waals surface area contributed by atoms with Crippen molar-refractivity contribution in [3.8, 4) is 0 Å². The first-order valence-corrected chi connectivity index (χ1v) is 14.4. The molecule has 0 spiro atoms. The van der Waals surface area contributed by atoms with Gasteiger partial charge in [-0.05, 0) is 58.7 Å². The van der Waals surface area contributed by atoms with Crippen LogP contribution in [0.4, 0.5) is 0 Å². The van der Waals surface area contributed by atoms with Gasteiger partial charge in [-0.2, -0.15) is 0 Å². The summed E-state index contributed by atoms with van der Waals surface area (Å²) < 4.78 is 0.644. The summed E-state index contributed by atoms with van der Waals surface area (Å²) in [7, 11) is 0. The number of carbonyl (C=O) groups excluding carboxylic acids is 4. The molecule has 2 aliphatic rings. The molecule has 2 N–H and O–H groups in total. The second-order valence-corrected chi connectivity index (χ2v) is 11.6. The van der Waals surface area contributed by atoms with Gasteiger partial charge < -0.3 is 10.2 Å². The molecule has 2 atom stereocenters. The maximum atomic E-state index is 13.7. The zero-order valence-corrected chi connectivity index (χ0v) is 23.9. The Morgan fingerprint density at radius 1 is 0.585 bits per heavy atom.